The number of halogens is 1. The number of nitrogens with one attached hydrogen (secondary N) is 1. The fourth-order valence-corrected chi connectivity index (χ4v) is 5.47. The zero-order valence-electron chi connectivity index (χ0n) is 10.5. The monoisotopic (exact) mass is 338 g/mol. The molecule has 6 nitrogen and oxygen atoms in total. The van der Waals surface area contributed by atoms with Gasteiger partial charge in [-0.15, -0.1) is 0 Å². The van der Waals surface area contributed by atoms with E-state index in [4.69, 9.17) is 17.3 Å². The van der Waals surface area contributed by atoms with Gasteiger partial charge >= 0.3 is 0 Å². The highest BCUT2D eigenvalue weighted by Gasteiger charge is 2.32. The molecule has 0 spiro atoms. The van der Waals surface area contributed by atoms with Gasteiger partial charge in [-0.2, -0.15) is 0 Å². The summed E-state index contributed by atoms with van der Waals surface area (Å²) < 4.78 is 49.4. The molecule has 9 heteroatoms. The first-order valence-corrected chi connectivity index (χ1v) is 9.71. The Morgan fingerprint density at radius 1 is 1.25 bits per heavy atom. The first-order valence-electron chi connectivity index (χ1n) is 5.97. The van der Waals surface area contributed by atoms with Crippen LogP contribution in [0.1, 0.15) is 12.8 Å². The van der Waals surface area contributed by atoms with Crippen LogP contribution in [0.25, 0.3) is 0 Å². The maximum Gasteiger partial charge on any atom is 0.235 e. The number of anilines is 2. The summed E-state index contributed by atoms with van der Waals surface area (Å²) in [7, 11) is -6.72. The summed E-state index contributed by atoms with van der Waals surface area (Å²) in [6, 6.07) is 4.44. The van der Waals surface area contributed by atoms with Crippen molar-refractivity contribution in [1.29, 1.82) is 0 Å². The van der Waals surface area contributed by atoms with E-state index in [0.29, 0.717) is 11.4 Å². The van der Waals surface area contributed by atoms with Crippen molar-refractivity contribution in [2.75, 3.05) is 22.0 Å². The summed E-state index contributed by atoms with van der Waals surface area (Å²) in [6.07, 6.45) is 0.223. The second kappa shape index (κ2) is 5.42. The molecule has 0 radical (unpaired) electrons. The molecule has 1 aromatic rings. The first-order chi connectivity index (χ1) is 9.20. The van der Waals surface area contributed by atoms with Gasteiger partial charge in [0.05, 0.1) is 33.2 Å². The molecular formula is C11H15ClN2O4S2. The zero-order chi connectivity index (χ0) is 15.0. The van der Waals surface area contributed by atoms with Crippen LogP contribution in [-0.4, -0.2) is 33.6 Å². The fraction of sp³-hybridized carbons (Fsp3) is 0.455. The minimum absolute atomic E-state index is 0.0962. The number of nitrogen functional groups attached to an aromatic ring is 1. The molecule has 112 valence electrons. The maximum absolute atomic E-state index is 12.2. The van der Waals surface area contributed by atoms with Crippen LogP contribution in [0.3, 0.4) is 0 Å². The Hall–Kier alpha value is -0.990. The summed E-state index contributed by atoms with van der Waals surface area (Å²) in [5.74, 6) is -0.192. The van der Waals surface area contributed by atoms with Crippen molar-refractivity contribution in [3.8, 4) is 0 Å². The SMILES string of the molecule is Nc1ccc(NS(=O)(=O)C2CCS(=O)(=O)CC2)cc1Cl. The second-order valence-corrected chi connectivity index (χ2v) is 9.41. The molecule has 0 amide bonds. The van der Waals surface area contributed by atoms with Crippen LogP contribution in [0.5, 0.6) is 0 Å². The van der Waals surface area contributed by atoms with Crippen LogP contribution in [0.15, 0.2) is 18.2 Å². The number of benzene rings is 1. The molecule has 0 bridgehead atoms. The van der Waals surface area contributed by atoms with Gasteiger partial charge in [0.1, 0.15) is 9.84 Å². The molecule has 1 aliphatic heterocycles. The van der Waals surface area contributed by atoms with Gasteiger partial charge in [0.15, 0.2) is 0 Å². The molecule has 20 heavy (non-hydrogen) atoms. The number of hydrogen-bond donors (Lipinski definition) is 2. The van der Waals surface area contributed by atoms with Crippen molar-refractivity contribution >= 4 is 42.8 Å². The van der Waals surface area contributed by atoms with Crippen LogP contribution in [0, 0.1) is 0 Å². The molecular weight excluding hydrogens is 324 g/mol. The van der Waals surface area contributed by atoms with Crippen molar-refractivity contribution in [2.24, 2.45) is 0 Å². The molecule has 3 N–H and O–H groups in total. The Morgan fingerprint density at radius 2 is 1.85 bits per heavy atom. The number of nitrogens with two attached hydrogens (primary N) is 1. The molecule has 1 saturated heterocycles. The maximum atomic E-state index is 12.2. The van der Waals surface area contributed by atoms with Gasteiger partial charge in [0, 0.05) is 0 Å². The molecule has 0 aromatic heterocycles. The Balaban J connectivity index is 2.13. The van der Waals surface area contributed by atoms with Crippen molar-refractivity contribution in [3.63, 3.8) is 0 Å². The summed E-state index contributed by atoms with van der Waals surface area (Å²) in [4.78, 5) is 0. The Bertz CT molecular complexity index is 702. The van der Waals surface area contributed by atoms with Crippen LogP contribution in [-0.2, 0) is 19.9 Å². The predicted octanol–water partition coefficient (Wildman–Crippen LogP) is 1.24. The third-order valence-corrected chi connectivity index (χ3v) is 7.11. The van der Waals surface area contributed by atoms with Crippen LogP contribution < -0.4 is 10.5 Å². The van der Waals surface area contributed by atoms with E-state index >= 15 is 0 Å². The van der Waals surface area contributed by atoms with Crippen LogP contribution >= 0.6 is 11.6 Å². The lowest BCUT2D eigenvalue weighted by Gasteiger charge is -2.22. The lowest BCUT2D eigenvalue weighted by Crippen LogP contribution is -2.36. The van der Waals surface area contributed by atoms with E-state index in [1.54, 1.807) is 0 Å². The topological polar surface area (TPSA) is 106 Å². The van der Waals surface area contributed by atoms with Gasteiger partial charge in [-0.3, -0.25) is 4.72 Å². The predicted molar refractivity (Wildman–Crippen MR) is 80.1 cm³/mol. The highest BCUT2D eigenvalue weighted by molar-refractivity contribution is 7.94. The zero-order valence-corrected chi connectivity index (χ0v) is 12.9. The number of sulfonamides is 1. The second-order valence-electron chi connectivity index (χ2n) is 4.73. The van der Waals surface area contributed by atoms with Gasteiger partial charge in [-0.05, 0) is 31.0 Å². The average molecular weight is 339 g/mol. The molecule has 1 fully saturated rings. The van der Waals surface area contributed by atoms with Gasteiger partial charge < -0.3 is 5.73 Å². The fourth-order valence-electron chi connectivity index (χ4n) is 2.02. The Morgan fingerprint density at radius 3 is 2.40 bits per heavy atom. The summed E-state index contributed by atoms with van der Waals surface area (Å²) in [5, 5.41) is -0.446. The van der Waals surface area contributed by atoms with Crippen molar-refractivity contribution in [1.82, 2.24) is 0 Å². The normalized spacial score (nSPS) is 19.6. The molecule has 0 saturated carbocycles. The van der Waals surface area contributed by atoms with E-state index in [-0.39, 0.29) is 29.4 Å². The molecule has 2 rings (SSSR count). The lowest BCUT2D eigenvalue weighted by atomic mass is 10.2. The van der Waals surface area contributed by atoms with E-state index < -0.39 is 25.1 Å². The van der Waals surface area contributed by atoms with Gasteiger partial charge in [0.2, 0.25) is 10.0 Å². The summed E-state index contributed by atoms with van der Waals surface area (Å²) in [6.45, 7) is 0. The minimum Gasteiger partial charge on any atom is -0.398 e. The number of sulfone groups is 1. The summed E-state index contributed by atoms with van der Waals surface area (Å²) in [5.41, 5.74) is 6.23. The first kappa shape index (κ1) is 15.4. The van der Waals surface area contributed by atoms with Gasteiger partial charge in [-0.25, -0.2) is 16.8 Å². The molecule has 0 unspecified atom stereocenters. The molecule has 0 atom stereocenters. The number of rotatable bonds is 3. The third-order valence-electron chi connectivity index (χ3n) is 3.20. The highest BCUT2D eigenvalue weighted by Crippen LogP contribution is 2.26. The lowest BCUT2D eigenvalue weighted by molar-refractivity contribution is 0.555. The quantitative estimate of drug-likeness (QED) is 0.806. The largest absolute Gasteiger partial charge is 0.398 e. The average Bonchev–Trinajstić information content (AvgIpc) is 2.33. The van der Waals surface area contributed by atoms with Gasteiger partial charge in [-0.1, -0.05) is 11.6 Å². The van der Waals surface area contributed by atoms with Crippen molar-refractivity contribution < 1.29 is 16.8 Å². The van der Waals surface area contributed by atoms with E-state index in [2.05, 4.69) is 4.72 Å². The number of hydrogen-bond acceptors (Lipinski definition) is 5. The van der Waals surface area contributed by atoms with Crippen molar-refractivity contribution in [2.45, 2.75) is 18.1 Å². The third kappa shape index (κ3) is 3.56. The van der Waals surface area contributed by atoms with Crippen LogP contribution in [0.2, 0.25) is 5.02 Å². The van der Waals surface area contributed by atoms with E-state index in [1.807, 2.05) is 0 Å². The summed E-state index contributed by atoms with van der Waals surface area (Å²) >= 11 is 5.83. The molecule has 0 aliphatic carbocycles. The van der Waals surface area contributed by atoms with Gasteiger partial charge in [0.25, 0.3) is 0 Å². The Labute approximate surface area is 123 Å². The van der Waals surface area contributed by atoms with Crippen LogP contribution in [0.4, 0.5) is 11.4 Å². The smallest absolute Gasteiger partial charge is 0.235 e. The van der Waals surface area contributed by atoms with E-state index in [1.165, 1.54) is 18.2 Å². The molecule has 1 aliphatic rings. The minimum atomic E-state index is -3.63. The molecule has 1 heterocycles. The Kier molecular flexibility index (Phi) is 4.17. The molecule has 1 aromatic carbocycles. The standard InChI is InChI=1S/C11H15ClN2O4S2/c12-10-7-8(1-2-11(10)13)14-20(17,18)9-3-5-19(15,16)6-4-9/h1-2,7,9,14H,3-6,13H2. The van der Waals surface area contributed by atoms with Crippen molar-refractivity contribution in [3.05, 3.63) is 23.2 Å². The van der Waals surface area contributed by atoms with E-state index in [0.717, 1.165) is 0 Å². The van der Waals surface area contributed by atoms with E-state index in [9.17, 15) is 16.8 Å². The highest BCUT2D eigenvalue weighted by atomic mass is 35.5.